The Hall–Kier alpha value is -3.97. The number of aliphatic hydroxyl groups is 1. The molecule has 14 heteroatoms. The number of carboxylic acid groups (broad SMARTS) is 1. The van der Waals surface area contributed by atoms with E-state index in [1.807, 2.05) is 0 Å². The number of benzene rings is 2. The molecule has 2 aromatic carbocycles. The third-order valence-corrected chi connectivity index (χ3v) is 6.60. The minimum atomic E-state index is -5.01. The number of carbonyl (C=O) groups is 1. The van der Waals surface area contributed by atoms with Crippen molar-refractivity contribution in [3.63, 3.8) is 0 Å². The topological polar surface area (TPSA) is 122 Å². The Balaban J connectivity index is 1.70. The predicted octanol–water partition coefficient (Wildman–Crippen LogP) is 5.71. The Kier molecular flexibility index (Phi) is 6.38. The van der Waals surface area contributed by atoms with Crippen LogP contribution in [0.2, 0.25) is 5.02 Å². The van der Waals surface area contributed by atoms with Gasteiger partial charge in [0.1, 0.15) is 23.0 Å². The van der Waals surface area contributed by atoms with Gasteiger partial charge in [-0.15, -0.1) is 13.2 Å². The van der Waals surface area contributed by atoms with Gasteiger partial charge in [-0.2, -0.15) is 0 Å². The van der Waals surface area contributed by atoms with Crippen LogP contribution in [-0.4, -0.2) is 42.2 Å². The van der Waals surface area contributed by atoms with E-state index < -0.39 is 41.7 Å². The third-order valence-electron chi connectivity index (χ3n) is 6.27. The van der Waals surface area contributed by atoms with Gasteiger partial charge in [-0.05, 0) is 32.0 Å². The summed E-state index contributed by atoms with van der Waals surface area (Å²) in [6, 6.07) is 4.49. The largest absolute Gasteiger partial charge is 0.573 e. The molecular formula is C25H20ClF4N5O4. The minimum Gasteiger partial charge on any atom is -0.465 e. The summed E-state index contributed by atoms with van der Waals surface area (Å²) >= 11 is 6.37. The Morgan fingerprint density at radius 3 is 2.51 bits per heavy atom. The van der Waals surface area contributed by atoms with Gasteiger partial charge in [-0.3, -0.25) is 0 Å². The molecular weight excluding hydrogens is 546 g/mol. The molecule has 4 aromatic rings. The molecule has 1 aliphatic rings. The molecule has 5 rings (SSSR count). The molecule has 1 aliphatic heterocycles. The lowest BCUT2D eigenvalue weighted by molar-refractivity contribution is -0.275. The third kappa shape index (κ3) is 5.06. The fourth-order valence-electron chi connectivity index (χ4n) is 4.72. The summed E-state index contributed by atoms with van der Waals surface area (Å²) in [7, 11) is 0. The van der Waals surface area contributed by atoms with E-state index in [2.05, 4.69) is 25.0 Å². The second kappa shape index (κ2) is 9.35. The standard InChI is InChI=1S/C25H20ClF4N5O4/c1-24(2,38)22-31-9-11(10-32-22)12-6-17-15(7-14(12)27)33-21-16(34-23(36)37)8-18(35(17)21)20-13(26)4-3-5-19(20)39-25(28,29)30/h3-7,9-10,16,18,34,38H,8H2,1-2H3,(H,36,37)/t16-,18-/m1/s1. The number of halogens is 5. The van der Waals surface area contributed by atoms with E-state index in [4.69, 9.17) is 11.6 Å². The normalized spacial score (nSPS) is 17.3. The lowest BCUT2D eigenvalue weighted by Crippen LogP contribution is -2.25. The fourth-order valence-corrected chi connectivity index (χ4v) is 5.01. The average Bonchev–Trinajstić information content (AvgIpc) is 3.34. The zero-order valence-corrected chi connectivity index (χ0v) is 21.0. The van der Waals surface area contributed by atoms with Gasteiger partial charge in [0.15, 0.2) is 5.82 Å². The van der Waals surface area contributed by atoms with Crippen molar-refractivity contribution in [3.8, 4) is 16.9 Å². The number of hydrogen-bond donors (Lipinski definition) is 3. The highest BCUT2D eigenvalue weighted by Gasteiger charge is 2.40. The number of imidazole rings is 1. The molecule has 0 saturated heterocycles. The van der Waals surface area contributed by atoms with Gasteiger partial charge in [0, 0.05) is 46.6 Å². The van der Waals surface area contributed by atoms with E-state index in [0.717, 1.165) is 12.1 Å². The van der Waals surface area contributed by atoms with Gasteiger partial charge < -0.3 is 24.8 Å². The van der Waals surface area contributed by atoms with Crippen molar-refractivity contribution < 1.29 is 37.3 Å². The number of amides is 1. The van der Waals surface area contributed by atoms with Crippen LogP contribution in [0.25, 0.3) is 22.2 Å². The Bertz CT molecular complexity index is 1580. The van der Waals surface area contributed by atoms with Crippen molar-refractivity contribution in [2.45, 2.75) is 44.3 Å². The first-order valence-electron chi connectivity index (χ1n) is 11.5. The molecule has 3 heterocycles. The van der Waals surface area contributed by atoms with Gasteiger partial charge in [0.25, 0.3) is 0 Å². The second-order valence-electron chi connectivity index (χ2n) is 9.47. The number of alkyl halides is 3. The number of hydrogen-bond acceptors (Lipinski definition) is 6. The highest BCUT2D eigenvalue weighted by atomic mass is 35.5. The highest BCUT2D eigenvalue weighted by molar-refractivity contribution is 6.31. The zero-order chi connectivity index (χ0) is 28.3. The zero-order valence-electron chi connectivity index (χ0n) is 20.3. The van der Waals surface area contributed by atoms with E-state index in [-0.39, 0.29) is 45.3 Å². The summed E-state index contributed by atoms with van der Waals surface area (Å²) in [5.74, 6) is -0.948. The summed E-state index contributed by atoms with van der Waals surface area (Å²) in [6.45, 7) is 2.99. The average molecular weight is 566 g/mol. The quantitative estimate of drug-likeness (QED) is 0.265. The Morgan fingerprint density at radius 2 is 1.90 bits per heavy atom. The van der Waals surface area contributed by atoms with Crippen LogP contribution < -0.4 is 10.1 Å². The Labute approximate surface area is 223 Å². The summed E-state index contributed by atoms with van der Waals surface area (Å²) in [6.07, 6.45) is -3.75. The molecule has 0 bridgehead atoms. The summed E-state index contributed by atoms with van der Waals surface area (Å²) in [5, 5.41) is 21.8. The van der Waals surface area contributed by atoms with Gasteiger partial charge >= 0.3 is 12.5 Å². The molecule has 0 spiro atoms. The molecule has 0 radical (unpaired) electrons. The highest BCUT2D eigenvalue weighted by Crippen LogP contribution is 2.47. The maximum atomic E-state index is 15.2. The van der Waals surface area contributed by atoms with Crippen molar-refractivity contribution in [2.24, 2.45) is 0 Å². The molecule has 0 aliphatic carbocycles. The summed E-state index contributed by atoms with van der Waals surface area (Å²) in [4.78, 5) is 24.1. The van der Waals surface area contributed by atoms with Crippen LogP contribution >= 0.6 is 11.6 Å². The molecule has 39 heavy (non-hydrogen) atoms. The number of rotatable bonds is 5. The van der Waals surface area contributed by atoms with E-state index in [1.54, 1.807) is 0 Å². The molecule has 3 N–H and O–H groups in total. The van der Waals surface area contributed by atoms with E-state index in [0.29, 0.717) is 5.52 Å². The molecule has 0 unspecified atom stereocenters. The number of fused-ring (bicyclic) bond motifs is 3. The van der Waals surface area contributed by atoms with Crippen molar-refractivity contribution >= 4 is 28.7 Å². The smallest absolute Gasteiger partial charge is 0.465 e. The van der Waals surface area contributed by atoms with Gasteiger partial charge in [0.2, 0.25) is 0 Å². The van der Waals surface area contributed by atoms with Crippen LogP contribution in [-0.2, 0) is 5.60 Å². The molecule has 204 valence electrons. The fraction of sp³-hybridized carbons (Fsp3) is 0.280. The van der Waals surface area contributed by atoms with Crippen molar-refractivity contribution in [1.29, 1.82) is 0 Å². The van der Waals surface area contributed by atoms with Gasteiger partial charge in [-0.25, -0.2) is 24.1 Å². The first-order chi connectivity index (χ1) is 18.2. The summed E-state index contributed by atoms with van der Waals surface area (Å²) in [5.41, 5.74) is -0.565. The number of aromatic nitrogens is 4. The van der Waals surface area contributed by atoms with E-state index in [9.17, 15) is 28.2 Å². The molecule has 9 nitrogen and oxygen atoms in total. The van der Waals surface area contributed by atoms with Crippen LogP contribution in [0.5, 0.6) is 5.75 Å². The first-order valence-corrected chi connectivity index (χ1v) is 11.9. The van der Waals surface area contributed by atoms with Crippen molar-refractivity contribution in [2.75, 3.05) is 0 Å². The van der Waals surface area contributed by atoms with Crippen LogP contribution in [0, 0.1) is 5.82 Å². The minimum absolute atomic E-state index is 0.0291. The Morgan fingerprint density at radius 1 is 1.21 bits per heavy atom. The van der Waals surface area contributed by atoms with E-state index in [1.165, 1.54) is 49.0 Å². The predicted molar refractivity (Wildman–Crippen MR) is 131 cm³/mol. The number of ether oxygens (including phenoxy) is 1. The van der Waals surface area contributed by atoms with Crippen LogP contribution in [0.4, 0.5) is 22.4 Å². The lowest BCUT2D eigenvalue weighted by Gasteiger charge is -2.21. The van der Waals surface area contributed by atoms with Crippen LogP contribution in [0.1, 0.15) is 49.6 Å². The second-order valence-corrected chi connectivity index (χ2v) is 9.88. The molecule has 2 aromatic heterocycles. The molecule has 0 fully saturated rings. The van der Waals surface area contributed by atoms with Crippen molar-refractivity contribution in [3.05, 3.63) is 70.8 Å². The summed E-state index contributed by atoms with van der Waals surface area (Å²) < 4.78 is 60.6. The molecule has 2 atom stereocenters. The SMILES string of the molecule is CC(C)(O)c1ncc(-c2cc3c(cc2F)nc2n3[C@@H](c3c(Cl)cccc3OC(F)(F)F)C[C@H]2NC(=O)O)cn1. The molecule has 0 saturated carbocycles. The van der Waals surface area contributed by atoms with Gasteiger partial charge in [0.05, 0.1) is 23.1 Å². The van der Waals surface area contributed by atoms with Crippen LogP contribution in [0.3, 0.4) is 0 Å². The monoisotopic (exact) mass is 565 g/mol. The lowest BCUT2D eigenvalue weighted by atomic mass is 10.0. The number of nitrogens with one attached hydrogen (secondary N) is 1. The first kappa shape index (κ1) is 26.6. The van der Waals surface area contributed by atoms with Crippen LogP contribution in [0.15, 0.2) is 42.7 Å². The maximum absolute atomic E-state index is 15.2. The van der Waals surface area contributed by atoms with E-state index >= 15 is 4.39 Å². The van der Waals surface area contributed by atoms with Crippen molar-refractivity contribution in [1.82, 2.24) is 24.8 Å². The molecule has 1 amide bonds. The van der Waals surface area contributed by atoms with Gasteiger partial charge in [-0.1, -0.05) is 17.7 Å². The number of nitrogens with zero attached hydrogens (tertiary/aromatic N) is 4. The maximum Gasteiger partial charge on any atom is 0.573 e.